The minimum Gasteiger partial charge on any atom is -0.496 e. The van der Waals surface area contributed by atoms with E-state index >= 15 is 8.78 Å². The molecule has 1 atom stereocenters. The van der Waals surface area contributed by atoms with Crippen LogP contribution in [-0.4, -0.2) is 48.8 Å². The standard InChI is InChI=1S/C33H37F3N2O6/c1-7-21-10-9-11-24(34)29(21)31(39)38-26(32(40)41)17-25-30(33(35,36)19(3)4)22(12-13-37-25)16-23-27(42-5)14-20(18-44-8-2)15-28(23)43-6/h9-15,26H,3,7-8,16-18H2,1-2,4-6H3,(H,38,39)(H,40,41)/t26-/m0/s1. The Morgan fingerprint density at radius 3 is 2.30 bits per heavy atom. The molecule has 1 heterocycles. The smallest absolute Gasteiger partial charge is 0.326 e. The summed E-state index contributed by atoms with van der Waals surface area (Å²) in [6.45, 7) is 8.98. The van der Waals surface area contributed by atoms with Crippen LogP contribution in [0.2, 0.25) is 0 Å². The monoisotopic (exact) mass is 614 g/mol. The number of ether oxygens (including phenoxy) is 3. The number of rotatable bonds is 15. The molecule has 0 bridgehead atoms. The second-order valence-corrected chi connectivity index (χ2v) is 10.1. The number of amides is 1. The molecule has 44 heavy (non-hydrogen) atoms. The van der Waals surface area contributed by atoms with Crippen molar-refractivity contribution < 1.29 is 42.1 Å². The molecule has 11 heteroatoms. The Labute approximate surface area is 254 Å². The molecular formula is C33H37F3N2O6. The van der Waals surface area contributed by atoms with Crippen molar-refractivity contribution in [1.29, 1.82) is 0 Å². The SMILES string of the molecule is C=C(C)C(F)(F)c1c(Cc2c(OC)cc(COCC)cc2OC)ccnc1C[C@H](NC(=O)c1c(F)cccc1CC)C(=O)O. The van der Waals surface area contributed by atoms with Gasteiger partial charge in [0.25, 0.3) is 11.8 Å². The zero-order chi connectivity index (χ0) is 32.6. The number of carboxylic acids is 1. The number of aromatic nitrogens is 1. The van der Waals surface area contributed by atoms with Crippen LogP contribution < -0.4 is 14.8 Å². The van der Waals surface area contributed by atoms with E-state index in [2.05, 4.69) is 16.9 Å². The zero-order valence-corrected chi connectivity index (χ0v) is 25.4. The van der Waals surface area contributed by atoms with Crippen molar-refractivity contribution in [3.63, 3.8) is 0 Å². The number of nitrogens with one attached hydrogen (secondary N) is 1. The van der Waals surface area contributed by atoms with Gasteiger partial charge < -0.3 is 24.6 Å². The van der Waals surface area contributed by atoms with Gasteiger partial charge in [-0.25, -0.2) is 9.18 Å². The molecule has 8 nitrogen and oxygen atoms in total. The van der Waals surface area contributed by atoms with Gasteiger partial charge in [-0.1, -0.05) is 25.6 Å². The molecule has 236 valence electrons. The first-order valence-corrected chi connectivity index (χ1v) is 14.0. The molecule has 3 aromatic rings. The fourth-order valence-corrected chi connectivity index (χ4v) is 4.90. The Morgan fingerprint density at radius 1 is 1.09 bits per heavy atom. The van der Waals surface area contributed by atoms with Gasteiger partial charge in [0.15, 0.2) is 0 Å². The number of aryl methyl sites for hydroxylation is 1. The zero-order valence-electron chi connectivity index (χ0n) is 25.4. The predicted octanol–water partition coefficient (Wildman–Crippen LogP) is 6.02. The molecule has 0 aliphatic heterocycles. The number of pyridine rings is 1. The van der Waals surface area contributed by atoms with Gasteiger partial charge in [-0.2, -0.15) is 8.78 Å². The van der Waals surface area contributed by atoms with E-state index in [-0.39, 0.29) is 29.8 Å². The van der Waals surface area contributed by atoms with E-state index in [0.717, 1.165) is 18.6 Å². The Kier molecular flexibility index (Phi) is 11.5. The summed E-state index contributed by atoms with van der Waals surface area (Å²) in [6.07, 6.45) is 0.910. The quantitative estimate of drug-likeness (QED) is 0.202. The van der Waals surface area contributed by atoms with Crippen LogP contribution >= 0.6 is 0 Å². The van der Waals surface area contributed by atoms with Crippen molar-refractivity contribution >= 4 is 11.9 Å². The lowest BCUT2D eigenvalue weighted by Crippen LogP contribution is -2.43. The number of aliphatic carboxylic acids is 1. The lowest BCUT2D eigenvalue weighted by molar-refractivity contribution is -0.139. The Bertz CT molecular complexity index is 1500. The van der Waals surface area contributed by atoms with Gasteiger partial charge in [0.1, 0.15) is 23.4 Å². The normalized spacial score (nSPS) is 12.0. The summed E-state index contributed by atoms with van der Waals surface area (Å²) in [7, 11) is 2.90. The third-order valence-corrected chi connectivity index (χ3v) is 7.18. The number of alkyl halides is 2. The summed E-state index contributed by atoms with van der Waals surface area (Å²) < 4.78 is 63.0. The molecule has 0 fully saturated rings. The maximum absolute atomic E-state index is 15.9. The highest BCUT2D eigenvalue weighted by Gasteiger charge is 2.39. The Balaban J connectivity index is 2.10. The summed E-state index contributed by atoms with van der Waals surface area (Å²) in [5.74, 6) is -6.15. The van der Waals surface area contributed by atoms with E-state index in [0.29, 0.717) is 35.7 Å². The van der Waals surface area contributed by atoms with Crippen LogP contribution in [0.3, 0.4) is 0 Å². The lowest BCUT2D eigenvalue weighted by atomic mass is 9.89. The highest BCUT2D eigenvalue weighted by atomic mass is 19.3. The Hall–Kier alpha value is -4.38. The molecule has 2 N–H and O–H groups in total. The first-order chi connectivity index (χ1) is 20.9. The van der Waals surface area contributed by atoms with E-state index < -0.39 is 47.2 Å². The number of halogens is 3. The van der Waals surface area contributed by atoms with Gasteiger partial charge in [0, 0.05) is 31.2 Å². The number of methoxy groups -OCH3 is 2. The van der Waals surface area contributed by atoms with Crippen LogP contribution in [0, 0.1) is 5.82 Å². The van der Waals surface area contributed by atoms with E-state index in [9.17, 15) is 19.1 Å². The lowest BCUT2D eigenvalue weighted by Gasteiger charge is -2.25. The van der Waals surface area contributed by atoms with Gasteiger partial charge in [0.2, 0.25) is 0 Å². The van der Waals surface area contributed by atoms with Gasteiger partial charge >= 0.3 is 5.97 Å². The van der Waals surface area contributed by atoms with Gasteiger partial charge in [-0.3, -0.25) is 9.78 Å². The van der Waals surface area contributed by atoms with Crippen molar-refractivity contribution in [3.05, 3.63) is 99.6 Å². The number of hydrogen-bond acceptors (Lipinski definition) is 6. The van der Waals surface area contributed by atoms with E-state index in [1.54, 1.807) is 25.1 Å². The minimum absolute atomic E-state index is 0.0891. The molecule has 0 unspecified atom stereocenters. The Morgan fingerprint density at radius 2 is 1.75 bits per heavy atom. The maximum atomic E-state index is 15.9. The highest BCUT2D eigenvalue weighted by Crippen LogP contribution is 2.41. The van der Waals surface area contributed by atoms with Crippen molar-refractivity contribution in [3.8, 4) is 11.5 Å². The van der Waals surface area contributed by atoms with Crippen molar-refractivity contribution in [1.82, 2.24) is 10.3 Å². The molecule has 0 aliphatic rings. The summed E-state index contributed by atoms with van der Waals surface area (Å²) in [5, 5.41) is 12.3. The average molecular weight is 615 g/mol. The topological polar surface area (TPSA) is 107 Å². The van der Waals surface area contributed by atoms with Crippen LogP contribution in [-0.2, 0) is 41.3 Å². The van der Waals surface area contributed by atoms with Crippen LogP contribution in [0.25, 0.3) is 0 Å². The average Bonchev–Trinajstić information content (AvgIpc) is 2.99. The summed E-state index contributed by atoms with van der Waals surface area (Å²) in [5.41, 5.74) is 0.117. The number of allylic oxidation sites excluding steroid dienone is 1. The number of benzene rings is 2. The number of nitrogens with zero attached hydrogens (tertiary/aromatic N) is 1. The minimum atomic E-state index is -3.62. The number of carboxylic acid groups (broad SMARTS) is 1. The summed E-state index contributed by atoms with van der Waals surface area (Å²) in [6, 6.07) is 7.26. The van der Waals surface area contributed by atoms with Gasteiger partial charge in [-0.15, -0.1) is 0 Å². The summed E-state index contributed by atoms with van der Waals surface area (Å²) in [4.78, 5) is 29.4. The highest BCUT2D eigenvalue weighted by molar-refractivity contribution is 5.98. The first kappa shape index (κ1) is 34.1. The van der Waals surface area contributed by atoms with Crippen LogP contribution in [0.15, 0.2) is 54.7 Å². The van der Waals surface area contributed by atoms with Crippen molar-refractivity contribution in [2.75, 3.05) is 20.8 Å². The maximum Gasteiger partial charge on any atom is 0.326 e. The van der Waals surface area contributed by atoms with Gasteiger partial charge in [0.05, 0.1) is 37.6 Å². The molecule has 1 aromatic heterocycles. The number of carbonyl (C=O) groups is 2. The second kappa shape index (κ2) is 14.9. The molecule has 0 saturated heterocycles. The van der Waals surface area contributed by atoms with Gasteiger partial charge in [-0.05, 0) is 66.8 Å². The molecule has 0 radical (unpaired) electrons. The third kappa shape index (κ3) is 7.57. The first-order valence-electron chi connectivity index (χ1n) is 14.0. The number of hydrogen-bond donors (Lipinski definition) is 2. The molecule has 0 aliphatic carbocycles. The largest absolute Gasteiger partial charge is 0.496 e. The van der Waals surface area contributed by atoms with Crippen molar-refractivity contribution in [2.45, 2.75) is 58.6 Å². The summed E-state index contributed by atoms with van der Waals surface area (Å²) >= 11 is 0. The fourth-order valence-electron chi connectivity index (χ4n) is 4.90. The number of carbonyl (C=O) groups excluding carboxylic acids is 1. The molecule has 0 spiro atoms. The molecule has 3 rings (SSSR count). The van der Waals surface area contributed by atoms with Crippen LogP contribution in [0.4, 0.5) is 13.2 Å². The van der Waals surface area contributed by atoms with E-state index in [4.69, 9.17) is 14.2 Å². The molecular weight excluding hydrogens is 577 g/mol. The second-order valence-electron chi connectivity index (χ2n) is 10.1. The molecule has 2 aromatic carbocycles. The van der Waals surface area contributed by atoms with E-state index in [1.807, 2.05) is 6.92 Å². The fraction of sp³-hybridized carbons (Fsp3) is 0.364. The molecule has 1 amide bonds. The third-order valence-electron chi connectivity index (χ3n) is 7.18. The van der Waals surface area contributed by atoms with Crippen molar-refractivity contribution in [2.24, 2.45) is 0 Å². The predicted molar refractivity (Wildman–Crippen MR) is 159 cm³/mol. The van der Waals surface area contributed by atoms with Crippen LogP contribution in [0.1, 0.15) is 64.6 Å². The molecule has 0 saturated carbocycles. The van der Waals surface area contributed by atoms with Crippen LogP contribution in [0.5, 0.6) is 11.5 Å². The van der Waals surface area contributed by atoms with E-state index in [1.165, 1.54) is 32.5 Å².